The van der Waals surface area contributed by atoms with E-state index in [1.165, 1.54) is 0 Å². The number of nitrogens with zero attached hydrogens (tertiary/aromatic N) is 1. The van der Waals surface area contributed by atoms with Crippen LogP contribution in [-0.4, -0.2) is 22.6 Å². The number of ether oxygens (including phenoxy) is 1. The van der Waals surface area contributed by atoms with Crippen LogP contribution in [0.5, 0.6) is 0 Å². The van der Waals surface area contributed by atoms with Crippen LogP contribution >= 0.6 is 0 Å². The van der Waals surface area contributed by atoms with Crippen molar-refractivity contribution in [3.8, 4) is 0 Å². The summed E-state index contributed by atoms with van der Waals surface area (Å²) in [4.78, 5) is 13.3. The van der Waals surface area contributed by atoms with Gasteiger partial charge in [-0.1, -0.05) is 6.08 Å². The van der Waals surface area contributed by atoms with Gasteiger partial charge in [-0.3, -0.25) is 4.90 Å². The first-order valence-corrected chi connectivity index (χ1v) is 4.67. The van der Waals surface area contributed by atoms with Crippen molar-refractivity contribution in [1.82, 2.24) is 4.90 Å². The molecule has 1 heterocycles. The molecule has 0 unspecified atom stereocenters. The highest BCUT2D eigenvalue weighted by molar-refractivity contribution is 5.71. The lowest BCUT2D eigenvalue weighted by Crippen LogP contribution is -2.34. The standard InChI is InChI=1S/C10H15NO2/c1-10(2,3)13-9(12)11-5-4-7-6-8(7)11/h4-5,7-8H,6H2,1-3H3/t7-,8+/m0/s1. The van der Waals surface area contributed by atoms with E-state index >= 15 is 0 Å². The fraction of sp³-hybridized carbons (Fsp3) is 0.700. The van der Waals surface area contributed by atoms with Crippen molar-refractivity contribution in [2.75, 3.05) is 0 Å². The summed E-state index contributed by atoms with van der Waals surface area (Å²) in [7, 11) is 0. The molecule has 0 aromatic heterocycles. The molecule has 0 aromatic carbocycles. The normalized spacial score (nSPS) is 30.2. The Hall–Kier alpha value is -0.990. The van der Waals surface area contributed by atoms with E-state index in [0.717, 1.165) is 6.42 Å². The lowest BCUT2D eigenvalue weighted by Gasteiger charge is -2.23. The second-order valence-electron chi connectivity index (χ2n) is 4.70. The van der Waals surface area contributed by atoms with Gasteiger partial charge in [0.05, 0.1) is 0 Å². The van der Waals surface area contributed by atoms with Gasteiger partial charge in [0, 0.05) is 18.2 Å². The third-order valence-corrected chi connectivity index (χ3v) is 2.26. The van der Waals surface area contributed by atoms with Gasteiger partial charge in [0.1, 0.15) is 5.60 Å². The van der Waals surface area contributed by atoms with Crippen molar-refractivity contribution >= 4 is 6.09 Å². The highest BCUT2D eigenvalue weighted by atomic mass is 16.6. The molecule has 1 aliphatic heterocycles. The quantitative estimate of drug-likeness (QED) is 0.573. The second kappa shape index (κ2) is 2.50. The van der Waals surface area contributed by atoms with Crippen molar-refractivity contribution in [1.29, 1.82) is 0 Å². The first kappa shape index (κ1) is 8.60. The van der Waals surface area contributed by atoms with Crippen LogP contribution in [-0.2, 0) is 4.74 Å². The molecule has 0 N–H and O–H groups in total. The van der Waals surface area contributed by atoms with Gasteiger partial charge >= 0.3 is 6.09 Å². The highest BCUT2D eigenvalue weighted by Crippen LogP contribution is 2.42. The average molecular weight is 181 g/mol. The first-order chi connectivity index (χ1) is 5.97. The lowest BCUT2D eigenvalue weighted by molar-refractivity contribution is 0.0329. The van der Waals surface area contributed by atoms with Crippen LogP contribution in [0.15, 0.2) is 12.3 Å². The molecular formula is C10H15NO2. The Kier molecular flexibility index (Phi) is 1.65. The van der Waals surface area contributed by atoms with Crippen LogP contribution in [0.4, 0.5) is 4.79 Å². The molecule has 1 amide bonds. The number of hydrogen-bond acceptors (Lipinski definition) is 2. The molecule has 0 spiro atoms. The van der Waals surface area contributed by atoms with E-state index < -0.39 is 5.60 Å². The zero-order chi connectivity index (χ0) is 9.64. The molecule has 0 bridgehead atoms. The Bertz CT molecular complexity index is 265. The van der Waals surface area contributed by atoms with Crippen LogP contribution < -0.4 is 0 Å². The van der Waals surface area contributed by atoms with Crippen LogP contribution in [0.2, 0.25) is 0 Å². The van der Waals surface area contributed by atoms with Gasteiger partial charge in [0.15, 0.2) is 0 Å². The topological polar surface area (TPSA) is 29.5 Å². The maximum absolute atomic E-state index is 11.6. The zero-order valence-corrected chi connectivity index (χ0v) is 8.28. The summed E-state index contributed by atoms with van der Waals surface area (Å²) < 4.78 is 5.25. The van der Waals surface area contributed by atoms with Crippen molar-refractivity contribution in [2.24, 2.45) is 5.92 Å². The van der Waals surface area contributed by atoms with Gasteiger partial charge in [-0.15, -0.1) is 0 Å². The van der Waals surface area contributed by atoms with Crippen LogP contribution in [0.1, 0.15) is 27.2 Å². The summed E-state index contributed by atoms with van der Waals surface area (Å²) >= 11 is 0. The van der Waals surface area contributed by atoms with Gasteiger partial charge in [0.2, 0.25) is 0 Å². The van der Waals surface area contributed by atoms with E-state index in [2.05, 4.69) is 6.08 Å². The minimum atomic E-state index is -0.391. The van der Waals surface area contributed by atoms with E-state index in [4.69, 9.17) is 4.74 Å². The summed E-state index contributed by atoms with van der Waals surface area (Å²) in [5.41, 5.74) is -0.391. The molecule has 0 aromatic rings. The molecule has 0 saturated heterocycles. The van der Waals surface area contributed by atoms with Crippen molar-refractivity contribution in [3.05, 3.63) is 12.3 Å². The summed E-state index contributed by atoms with van der Waals surface area (Å²) in [5, 5.41) is 0. The smallest absolute Gasteiger partial charge is 0.414 e. The number of carbonyl (C=O) groups excluding carboxylic acids is 1. The van der Waals surface area contributed by atoms with E-state index in [1.807, 2.05) is 27.0 Å². The van der Waals surface area contributed by atoms with Crippen LogP contribution in [0.3, 0.4) is 0 Å². The molecule has 3 heteroatoms. The largest absolute Gasteiger partial charge is 0.443 e. The minimum absolute atomic E-state index is 0.214. The summed E-state index contributed by atoms with van der Waals surface area (Å²) in [6, 6.07) is 0.398. The van der Waals surface area contributed by atoms with Gasteiger partial charge in [0.25, 0.3) is 0 Å². The molecule has 13 heavy (non-hydrogen) atoms. The Balaban J connectivity index is 1.94. The molecule has 0 radical (unpaired) electrons. The molecule has 3 nitrogen and oxygen atoms in total. The van der Waals surface area contributed by atoms with E-state index in [-0.39, 0.29) is 6.09 Å². The number of carbonyl (C=O) groups is 1. The summed E-state index contributed by atoms with van der Waals surface area (Å²) in [5.74, 6) is 0.604. The monoisotopic (exact) mass is 181 g/mol. The Morgan fingerprint density at radius 1 is 1.54 bits per heavy atom. The Morgan fingerprint density at radius 2 is 2.23 bits per heavy atom. The second-order valence-corrected chi connectivity index (χ2v) is 4.70. The maximum Gasteiger partial charge on any atom is 0.414 e. The van der Waals surface area contributed by atoms with E-state index in [9.17, 15) is 4.79 Å². The molecule has 1 fully saturated rings. The fourth-order valence-electron chi connectivity index (χ4n) is 1.55. The average Bonchev–Trinajstić information content (AvgIpc) is 2.59. The van der Waals surface area contributed by atoms with Crippen molar-refractivity contribution in [3.63, 3.8) is 0 Å². The van der Waals surface area contributed by atoms with Crippen molar-refractivity contribution < 1.29 is 9.53 Å². The molecule has 1 aliphatic carbocycles. The summed E-state index contributed by atoms with van der Waals surface area (Å²) in [6.45, 7) is 5.65. The predicted molar refractivity (Wildman–Crippen MR) is 49.1 cm³/mol. The predicted octanol–water partition coefficient (Wildman–Crippen LogP) is 2.14. The fourth-order valence-corrected chi connectivity index (χ4v) is 1.55. The lowest BCUT2D eigenvalue weighted by atomic mass is 10.2. The third kappa shape index (κ3) is 1.69. The summed E-state index contributed by atoms with van der Waals surface area (Å²) in [6.07, 6.45) is 4.81. The first-order valence-electron chi connectivity index (χ1n) is 4.67. The van der Waals surface area contributed by atoms with Gasteiger partial charge in [-0.2, -0.15) is 0 Å². The van der Waals surface area contributed by atoms with Crippen molar-refractivity contribution in [2.45, 2.75) is 38.8 Å². The maximum atomic E-state index is 11.6. The Labute approximate surface area is 78.4 Å². The molecule has 72 valence electrons. The zero-order valence-electron chi connectivity index (χ0n) is 8.28. The molecule has 2 atom stereocenters. The Morgan fingerprint density at radius 3 is 2.62 bits per heavy atom. The molecule has 2 rings (SSSR count). The van der Waals surface area contributed by atoms with E-state index in [1.54, 1.807) is 4.90 Å². The molecule has 2 aliphatic rings. The van der Waals surface area contributed by atoms with Gasteiger partial charge < -0.3 is 4.74 Å². The third-order valence-electron chi connectivity index (χ3n) is 2.26. The number of fused-ring (bicyclic) bond motifs is 1. The van der Waals surface area contributed by atoms with Crippen LogP contribution in [0.25, 0.3) is 0 Å². The number of amides is 1. The van der Waals surface area contributed by atoms with Crippen LogP contribution in [0, 0.1) is 5.92 Å². The SMILES string of the molecule is CC(C)(C)OC(=O)N1C=C[C@H]2C[C@H]21. The van der Waals surface area contributed by atoms with Gasteiger partial charge in [-0.25, -0.2) is 4.79 Å². The van der Waals surface area contributed by atoms with E-state index in [0.29, 0.717) is 12.0 Å². The number of hydrogen-bond donors (Lipinski definition) is 0. The molecule has 1 saturated carbocycles. The molecular weight excluding hydrogens is 166 g/mol. The van der Waals surface area contributed by atoms with Gasteiger partial charge in [-0.05, 0) is 27.2 Å². The minimum Gasteiger partial charge on any atom is -0.443 e. The number of rotatable bonds is 0. The highest BCUT2D eigenvalue weighted by Gasteiger charge is 2.46.